The number of carbonyl (C=O) groups excluding carboxylic acids is 2. The van der Waals surface area contributed by atoms with E-state index in [1.165, 1.54) is 18.9 Å². The quantitative estimate of drug-likeness (QED) is 0.552. The Labute approximate surface area is 189 Å². The zero-order chi connectivity index (χ0) is 22.7. The molecule has 1 aromatic heterocycles. The topological polar surface area (TPSA) is 81.9 Å². The number of carbonyl (C=O) groups is 2. The van der Waals surface area contributed by atoms with Gasteiger partial charge >= 0.3 is 5.97 Å². The number of hydrogen-bond acceptors (Lipinski definition) is 6. The molecule has 1 amide bonds. The maximum Gasteiger partial charge on any atom is 0.305 e. The number of hydrogen-bond donors (Lipinski definition) is 0. The first-order chi connectivity index (χ1) is 15.5. The van der Waals surface area contributed by atoms with Crippen molar-refractivity contribution in [2.24, 2.45) is 5.92 Å². The number of aryl methyl sites for hydroxylation is 1. The van der Waals surface area contributed by atoms with Crippen molar-refractivity contribution in [1.29, 1.82) is 0 Å². The minimum Gasteiger partial charge on any atom is -0.469 e. The molecule has 2 aromatic rings. The van der Waals surface area contributed by atoms with E-state index < -0.39 is 0 Å². The average molecular weight is 441 g/mol. The largest absolute Gasteiger partial charge is 0.469 e. The third kappa shape index (κ3) is 4.44. The summed E-state index contributed by atoms with van der Waals surface area (Å²) in [6, 6.07) is 8.24. The normalized spacial score (nSPS) is 24.0. The maximum atomic E-state index is 12.7. The summed E-state index contributed by atoms with van der Waals surface area (Å²) in [5.74, 6) is 0.554. The van der Waals surface area contributed by atoms with Crippen molar-refractivity contribution >= 4 is 11.9 Å². The Morgan fingerprint density at radius 3 is 2.56 bits per heavy atom. The smallest absolute Gasteiger partial charge is 0.305 e. The number of benzene rings is 1. The van der Waals surface area contributed by atoms with Gasteiger partial charge in [-0.2, -0.15) is 0 Å². The van der Waals surface area contributed by atoms with E-state index in [0.717, 1.165) is 24.8 Å². The average Bonchev–Trinajstić information content (AvgIpc) is 3.55. The van der Waals surface area contributed by atoms with Gasteiger partial charge in [-0.25, -0.2) is 4.98 Å². The van der Waals surface area contributed by atoms with Gasteiger partial charge in [0.25, 0.3) is 5.91 Å². The number of nitrogens with zero attached hydrogens (tertiary/aromatic N) is 2. The van der Waals surface area contributed by atoms with Gasteiger partial charge in [-0.05, 0) is 50.7 Å². The lowest BCUT2D eigenvalue weighted by molar-refractivity contribution is -0.140. The highest BCUT2D eigenvalue weighted by Crippen LogP contribution is 2.50. The number of esters is 1. The van der Waals surface area contributed by atoms with Crippen LogP contribution in [0.1, 0.15) is 66.5 Å². The van der Waals surface area contributed by atoms with Crippen LogP contribution in [0, 0.1) is 5.92 Å². The fourth-order valence-corrected chi connectivity index (χ4v) is 5.18. The molecule has 0 spiro atoms. The second-order valence-electron chi connectivity index (χ2n) is 8.58. The zero-order valence-corrected chi connectivity index (χ0v) is 19.1. The van der Waals surface area contributed by atoms with Gasteiger partial charge in [-0.15, -0.1) is 0 Å². The summed E-state index contributed by atoms with van der Waals surface area (Å²) in [4.78, 5) is 30.7. The summed E-state index contributed by atoms with van der Waals surface area (Å²) in [5, 5.41) is 0. The van der Waals surface area contributed by atoms with Crippen LogP contribution in [-0.4, -0.2) is 54.2 Å². The first kappa shape index (κ1) is 22.5. The standard InChI is InChI=1S/C25H32N2O5/c1-4-27(5-2)25(29)19-15-31-24(26-19)23-18(20-11-12-21(23)32-20)14-17-9-7-6-8-16(17)10-13-22(28)30-3/h6-9,15,18,20-21,23H,4-5,10-14H2,1-3H3/t18-,20-,21+,23-/m0/s1. The molecule has 4 atom stereocenters. The van der Waals surface area contributed by atoms with E-state index in [9.17, 15) is 9.59 Å². The van der Waals surface area contributed by atoms with Crippen LogP contribution in [0.15, 0.2) is 34.9 Å². The van der Waals surface area contributed by atoms with Gasteiger partial charge in [0.2, 0.25) is 5.89 Å². The highest BCUT2D eigenvalue weighted by Gasteiger charge is 2.51. The first-order valence-electron chi connectivity index (χ1n) is 11.6. The Balaban J connectivity index is 1.54. The summed E-state index contributed by atoms with van der Waals surface area (Å²) in [6.45, 7) is 5.19. The highest BCUT2D eigenvalue weighted by molar-refractivity contribution is 5.91. The van der Waals surface area contributed by atoms with E-state index in [-0.39, 0.29) is 35.9 Å². The minimum atomic E-state index is -0.203. The summed E-state index contributed by atoms with van der Waals surface area (Å²) in [5.41, 5.74) is 2.74. The zero-order valence-electron chi connectivity index (χ0n) is 19.1. The molecule has 7 nitrogen and oxygen atoms in total. The third-order valence-electron chi connectivity index (χ3n) is 6.90. The van der Waals surface area contributed by atoms with Crippen molar-refractivity contribution in [1.82, 2.24) is 9.88 Å². The van der Waals surface area contributed by atoms with Gasteiger partial charge < -0.3 is 18.8 Å². The number of ether oxygens (including phenoxy) is 2. The Morgan fingerprint density at radius 1 is 1.12 bits per heavy atom. The fraction of sp³-hybridized carbons (Fsp3) is 0.560. The molecule has 4 rings (SSSR count). The summed E-state index contributed by atoms with van der Waals surface area (Å²) >= 11 is 0. The number of oxazole rings is 1. The maximum absolute atomic E-state index is 12.7. The van der Waals surface area contributed by atoms with Crippen LogP contribution in [0.5, 0.6) is 0 Å². The van der Waals surface area contributed by atoms with Gasteiger partial charge in [0.05, 0.1) is 25.2 Å². The van der Waals surface area contributed by atoms with E-state index in [0.29, 0.717) is 37.5 Å². The summed E-state index contributed by atoms with van der Waals surface area (Å²) in [6.07, 6.45) is 5.57. The fourth-order valence-electron chi connectivity index (χ4n) is 5.18. The van der Waals surface area contributed by atoms with E-state index in [2.05, 4.69) is 17.1 Å². The number of rotatable bonds is 9. The molecule has 0 unspecified atom stereocenters. The van der Waals surface area contributed by atoms with Crippen LogP contribution >= 0.6 is 0 Å². The number of aromatic nitrogens is 1. The lowest BCUT2D eigenvalue weighted by atomic mass is 9.75. The van der Waals surface area contributed by atoms with Crippen molar-refractivity contribution in [3.8, 4) is 0 Å². The molecule has 32 heavy (non-hydrogen) atoms. The minimum absolute atomic E-state index is 0.0284. The molecule has 2 bridgehead atoms. The van der Waals surface area contributed by atoms with E-state index in [1.807, 2.05) is 26.0 Å². The predicted molar refractivity (Wildman–Crippen MR) is 118 cm³/mol. The van der Waals surface area contributed by atoms with Crippen molar-refractivity contribution < 1.29 is 23.5 Å². The van der Waals surface area contributed by atoms with E-state index in [1.54, 1.807) is 4.90 Å². The Bertz CT molecular complexity index is 951. The first-order valence-corrected chi connectivity index (χ1v) is 11.6. The number of fused-ring (bicyclic) bond motifs is 2. The molecule has 172 valence electrons. The van der Waals surface area contributed by atoms with Crippen molar-refractivity contribution in [2.45, 2.75) is 64.1 Å². The van der Waals surface area contributed by atoms with Gasteiger partial charge in [0.15, 0.2) is 5.69 Å². The van der Waals surface area contributed by atoms with Crippen molar-refractivity contribution in [3.05, 3.63) is 53.2 Å². The van der Waals surface area contributed by atoms with Gasteiger partial charge in [0, 0.05) is 25.4 Å². The monoisotopic (exact) mass is 440 g/mol. The molecule has 2 aliphatic rings. The second kappa shape index (κ2) is 9.86. The molecule has 1 aromatic carbocycles. The van der Waals surface area contributed by atoms with E-state index in [4.69, 9.17) is 13.9 Å². The number of amides is 1. The van der Waals surface area contributed by atoms with Gasteiger partial charge in [0.1, 0.15) is 6.26 Å². The van der Waals surface area contributed by atoms with Crippen LogP contribution in [0.4, 0.5) is 0 Å². The van der Waals surface area contributed by atoms with Crippen LogP contribution in [0.3, 0.4) is 0 Å². The molecular weight excluding hydrogens is 408 g/mol. The van der Waals surface area contributed by atoms with Crippen LogP contribution in [0.2, 0.25) is 0 Å². The van der Waals surface area contributed by atoms with Gasteiger partial charge in [-0.3, -0.25) is 9.59 Å². The molecule has 0 aliphatic carbocycles. The predicted octanol–water partition coefficient (Wildman–Crippen LogP) is 3.77. The molecule has 2 fully saturated rings. The summed E-state index contributed by atoms with van der Waals surface area (Å²) < 4.78 is 16.9. The van der Waals surface area contributed by atoms with Crippen LogP contribution in [-0.2, 0) is 27.1 Å². The molecule has 0 radical (unpaired) electrons. The van der Waals surface area contributed by atoms with Crippen LogP contribution in [0.25, 0.3) is 0 Å². The van der Waals surface area contributed by atoms with Crippen molar-refractivity contribution in [2.75, 3.05) is 20.2 Å². The third-order valence-corrected chi connectivity index (χ3v) is 6.90. The Hall–Kier alpha value is -2.67. The van der Waals surface area contributed by atoms with Gasteiger partial charge in [-0.1, -0.05) is 24.3 Å². The highest BCUT2D eigenvalue weighted by atomic mass is 16.5. The molecule has 0 N–H and O–H groups in total. The molecule has 3 heterocycles. The molecular formula is C25H32N2O5. The van der Waals surface area contributed by atoms with Crippen molar-refractivity contribution in [3.63, 3.8) is 0 Å². The lowest BCUT2D eigenvalue weighted by Gasteiger charge is -2.26. The molecule has 2 saturated heterocycles. The van der Waals surface area contributed by atoms with Crippen LogP contribution < -0.4 is 0 Å². The van der Waals surface area contributed by atoms with E-state index >= 15 is 0 Å². The second-order valence-corrected chi connectivity index (χ2v) is 8.58. The summed E-state index contributed by atoms with van der Waals surface area (Å²) in [7, 11) is 1.42. The molecule has 0 saturated carbocycles. The Morgan fingerprint density at radius 2 is 1.84 bits per heavy atom. The SMILES string of the molecule is CCN(CC)C(=O)c1coc([C@H]2[C@@H](Cc3ccccc3CCC(=O)OC)[C@@H]3CC[C@H]2O3)n1. The lowest BCUT2D eigenvalue weighted by Crippen LogP contribution is -2.31. The Kier molecular flexibility index (Phi) is 6.94. The molecule has 2 aliphatic heterocycles. The molecule has 7 heteroatoms. The number of methoxy groups -OCH3 is 1.